The van der Waals surface area contributed by atoms with Crippen molar-refractivity contribution in [1.82, 2.24) is 4.90 Å². The Hall–Kier alpha value is -1.65. The number of hydrogen-bond donors (Lipinski definition) is 1. The van der Waals surface area contributed by atoms with Crippen LogP contribution >= 0.6 is 11.3 Å². The van der Waals surface area contributed by atoms with E-state index in [4.69, 9.17) is 0 Å². The minimum absolute atomic E-state index is 0.0216. The molecular formula is C17H19NO2S. The van der Waals surface area contributed by atoms with Crippen LogP contribution in [0.15, 0.2) is 36.4 Å². The molecule has 4 heteroatoms. The average molecular weight is 301 g/mol. The minimum atomic E-state index is -0.205. The van der Waals surface area contributed by atoms with Gasteiger partial charge in [-0.1, -0.05) is 24.3 Å². The molecular weight excluding hydrogens is 282 g/mol. The van der Waals surface area contributed by atoms with Crippen LogP contribution in [0.1, 0.15) is 26.9 Å². The second-order valence-electron chi connectivity index (χ2n) is 5.42. The summed E-state index contributed by atoms with van der Waals surface area (Å²) in [6, 6.07) is 11.9. The number of aliphatic hydroxyl groups excluding tert-OH is 1. The lowest BCUT2D eigenvalue weighted by Crippen LogP contribution is -2.42. The molecule has 1 aliphatic rings. The largest absolute Gasteiger partial charge is 0.394 e. The molecule has 21 heavy (non-hydrogen) atoms. The van der Waals surface area contributed by atoms with E-state index >= 15 is 0 Å². The molecule has 0 aliphatic carbocycles. The standard InChI is InChI=1S/C17H19NO2S/c1-12-6-7-14(21-12)10-17(20)18-9-8-13-4-2-3-5-15(13)16(18)11-19/h2-7,16,19H,8-11H2,1H3/t16-/m0/s1. The molecule has 1 amide bonds. The molecule has 1 aromatic heterocycles. The number of hydrogen-bond acceptors (Lipinski definition) is 3. The Kier molecular flexibility index (Phi) is 4.08. The van der Waals surface area contributed by atoms with E-state index in [0.29, 0.717) is 13.0 Å². The first-order chi connectivity index (χ1) is 10.2. The van der Waals surface area contributed by atoms with E-state index in [1.54, 1.807) is 11.3 Å². The number of aliphatic hydroxyl groups is 1. The zero-order chi connectivity index (χ0) is 14.8. The van der Waals surface area contributed by atoms with Crippen LogP contribution < -0.4 is 0 Å². The van der Waals surface area contributed by atoms with Crippen LogP contribution in [0, 0.1) is 6.92 Å². The summed E-state index contributed by atoms with van der Waals surface area (Å²) in [6.07, 6.45) is 1.29. The summed E-state index contributed by atoms with van der Waals surface area (Å²) in [6.45, 7) is 2.71. The van der Waals surface area contributed by atoms with E-state index in [1.165, 1.54) is 10.4 Å². The lowest BCUT2D eigenvalue weighted by Gasteiger charge is -2.36. The van der Waals surface area contributed by atoms with Crippen LogP contribution in [0.5, 0.6) is 0 Å². The van der Waals surface area contributed by atoms with Gasteiger partial charge in [-0.05, 0) is 36.6 Å². The smallest absolute Gasteiger partial charge is 0.228 e. The molecule has 1 atom stereocenters. The summed E-state index contributed by atoms with van der Waals surface area (Å²) in [5.41, 5.74) is 2.33. The molecule has 0 saturated carbocycles. The third kappa shape index (κ3) is 2.87. The van der Waals surface area contributed by atoms with Crippen molar-refractivity contribution < 1.29 is 9.90 Å². The minimum Gasteiger partial charge on any atom is -0.394 e. The molecule has 1 N–H and O–H groups in total. The summed E-state index contributed by atoms with van der Waals surface area (Å²) in [5.74, 6) is 0.102. The van der Waals surface area contributed by atoms with Gasteiger partial charge in [-0.3, -0.25) is 4.79 Å². The van der Waals surface area contributed by atoms with Gasteiger partial charge in [0, 0.05) is 16.3 Å². The molecule has 3 nitrogen and oxygen atoms in total. The second-order valence-corrected chi connectivity index (χ2v) is 6.80. The topological polar surface area (TPSA) is 40.5 Å². The first kappa shape index (κ1) is 14.3. The number of amides is 1. The van der Waals surface area contributed by atoms with Crippen LogP contribution in [-0.4, -0.2) is 29.1 Å². The van der Waals surface area contributed by atoms with Gasteiger partial charge in [0.15, 0.2) is 0 Å². The monoisotopic (exact) mass is 301 g/mol. The predicted octanol–water partition coefficient (Wildman–Crippen LogP) is 2.72. The molecule has 0 unspecified atom stereocenters. The number of benzene rings is 1. The first-order valence-electron chi connectivity index (χ1n) is 7.22. The van der Waals surface area contributed by atoms with Gasteiger partial charge in [0.2, 0.25) is 5.91 Å². The van der Waals surface area contributed by atoms with Crippen LogP contribution in [0.25, 0.3) is 0 Å². The van der Waals surface area contributed by atoms with Gasteiger partial charge in [0.05, 0.1) is 19.1 Å². The molecule has 0 bridgehead atoms. The Labute approximate surface area is 128 Å². The SMILES string of the molecule is Cc1ccc(CC(=O)N2CCc3ccccc3[C@@H]2CO)s1. The van der Waals surface area contributed by atoms with Gasteiger partial charge >= 0.3 is 0 Å². The van der Waals surface area contributed by atoms with Gasteiger partial charge in [0.25, 0.3) is 0 Å². The molecule has 3 rings (SSSR count). The van der Waals surface area contributed by atoms with E-state index in [1.807, 2.05) is 42.2 Å². The Morgan fingerprint density at radius 1 is 1.33 bits per heavy atom. The third-order valence-corrected chi connectivity index (χ3v) is 5.03. The lowest BCUT2D eigenvalue weighted by atomic mass is 9.92. The number of carbonyl (C=O) groups is 1. The van der Waals surface area contributed by atoms with E-state index in [0.717, 1.165) is 16.9 Å². The normalized spacial score (nSPS) is 17.6. The van der Waals surface area contributed by atoms with E-state index in [2.05, 4.69) is 6.07 Å². The van der Waals surface area contributed by atoms with Crippen molar-refractivity contribution in [2.75, 3.05) is 13.2 Å². The van der Waals surface area contributed by atoms with Gasteiger partial charge in [-0.25, -0.2) is 0 Å². The van der Waals surface area contributed by atoms with Gasteiger partial charge in [-0.2, -0.15) is 0 Å². The number of thiophene rings is 1. The quantitative estimate of drug-likeness (QED) is 0.947. The Morgan fingerprint density at radius 2 is 2.14 bits per heavy atom. The number of rotatable bonds is 3. The molecule has 0 fully saturated rings. The zero-order valence-electron chi connectivity index (χ0n) is 12.1. The Balaban J connectivity index is 1.80. The second kappa shape index (κ2) is 6.00. The van der Waals surface area contributed by atoms with Crippen molar-refractivity contribution in [1.29, 1.82) is 0 Å². The van der Waals surface area contributed by atoms with Crippen molar-refractivity contribution in [2.45, 2.75) is 25.8 Å². The maximum Gasteiger partial charge on any atom is 0.228 e. The maximum absolute atomic E-state index is 12.6. The highest BCUT2D eigenvalue weighted by atomic mass is 32.1. The van der Waals surface area contributed by atoms with Crippen LogP contribution in [0.3, 0.4) is 0 Å². The third-order valence-electron chi connectivity index (χ3n) is 4.03. The van der Waals surface area contributed by atoms with Gasteiger partial charge in [-0.15, -0.1) is 11.3 Å². The fraction of sp³-hybridized carbons (Fsp3) is 0.353. The Bertz CT molecular complexity index is 650. The molecule has 2 aromatic rings. The van der Waals surface area contributed by atoms with E-state index < -0.39 is 0 Å². The van der Waals surface area contributed by atoms with Gasteiger partial charge in [0.1, 0.15) is 0 Å². The van der Waals surface area contributed by atoms with Crippen molar-refractivity contribution in [3.8, 4) is 0 Å². The van der Waals surface area contributed by atoms with Crippen LogP contribution in [0.2, 0.25) is 0 Å². The number of aryl methyl sites for hydroxylation is 1. The molecule has 0 spiro atoms. The summed E-state index contributed by atoms with van der Waals surface area (Å²) < 4.78 is 0. The highest BCUT2D eigenvalue weighted by molar-refractivity contribution is 7.12. The summed E-state index contributed by atoms with van der Waals surface area (Å²) in [7, 11) is 0. The van der Waals surface area contributed by atoms with Crippen molar-refractivity contribution in [3.05, 3.63) is 57.3 Å². The fourth-order valence-electron chi connectivity index (χ4n) is 2.98. The zero-order valence-corrected chi connectivity index (χ0v) is 12.9. The number of carbonyl (C=O) groups excluding carboxylic acids is 1. The van der Waals surface area contributed by atoms with Crippen LogP contribution in [-0.2, 0) is 17.6 Å². The van der Waals surface area contributed by atoms with E-state index in [-0.39, 0.29) is 18.6 Å². The first-order valence-corrected chi connectivity index (χ1v) is 8.04. The van der Waals surface area contributed by atoms with Gasteiger partial charge < -0.3 is 10.0 Å². The highest BCUT2D eigenvalue weighted by Gasteiger charge is 2.29. The summed E-state index contributed by atoms with van der Waals surface area (Å²) in [4.78, 5) is 16.7. The average Bonchev–Trinajstić information content (AvgIpc) is 2.91. The molecule has 110 valence electrons. The highest BCUT2D eigenvalue weighted by Crippen LogP contribution is 2.30. The van der Waals surface area contributed by atoms with Crippen molar-refractivity contribution in [3.63, 3.8) is 0 Å². The maximum atomic E-state index is 12.6. The predicted molar refractivity (Wildman–Crippen MR) is 84.4 cm³/mol. The summed E-state index contributed by atoms with van der Waals surface area (Å²) >= 11 is 1.66. The molecule has 0 radical (unpaired) electrons. The van der Waals surface area contributed by atoms with Crippen molar-refractivity contribution >= 4 is 17.2 Å². The summed E-state index contributed by atoms with van der Waals surface area (Å²) in [5, 5.41) is 9.74. The number of nitrogens with zero attached hydrogens (tertiary/aromatic N) is 1. The van der Waals surface area contributed by atoms with Crippen LogP contribution in [0.4, 0.5) is 0 Å². The lowest BCUT2D eigenvalue weighted by molar-refractivity contribution is -0.134. The number of fused-ring (bicyclic) bond motifs is 1. The molecule has 1 aromatic carbocycles. The van der Waals surface area contributed by atoms with E-state index in [9.17, 15) is 9.90 Å². The molecule has 0 saturated heterocycles. The molecule has 1 aliphatic heterocycles. The van der Waals surface area contributed by atoms with Crippen molar-refractivity contribution in [2.24, 2.45) is 0 Å². The molecule has 2 heterocycles. The fourth-order valence-corrected chi connectivity index (χ4v) is 3.86. The Morgan fingerprint density at radius 3 is 2.86 bits per heavy atom.